The zero-order valence-electron chi connectivity index (χ0n) is 7.43. The van der Waals surface area contributed by atoms with Gasteiger partial charge in [-0.1, -0.05) is 30.3 Å². The summed E-state index contributed by atoms with van der Waals surface area (Å²) >= 11 is 0. The Hall–Kier alpha value is -0.860. The number of benzene rings is 1. The van der Waals surface area contributed by atoms with Crippen LogP contribution in [0.25, 0.3) is 0 Å². The molecule has 0 aromatic heterocycles. The number of aliphatic hydroxyl groups excluding tert-OH is 2. The maximum Gasteiger partial charge on any atom is 0.0468 e. The lowest BCUT2D eigenvalue weighted by Gasteiger charge is -1.97. The van der Waals surface area contributed by atoms with Crippen molar-refractivity contribution in [3.8, 4) is 0 Å². The number of hydrogen-bond acceptors (Lipinski definition) is 2. The van der Waals surface area contributed by atoms with Crippen LogP contribution in [-0.4, -0.2) is 23.4 Å². The molecule has 0 saturated heterocycles. The van der Waals surface area contributed by atoms with Crippen molar-refractivity contribution in [1.82, 2.24) is 0 Å². The predicted octanol–water partition coefficient (Wildman–Crippen LogP) is 1.00. The van der Waals surface area contributed by atoms with E-state index in [1.165, 1.54) is 5.56 Å². The topological polar surface area (TPSA) is 40.5 Å². The van der Waals surface area contributed by atoms with Crippen LogP contribution in [0.5, 0.6) is 0 Å². The van der Waals surface area contributed by atoms with Crippen LogP contribution in [0.1, 0.15) is 11.5 Å². The van der Waals surface area contributed by atoms with E-state index in [4.69, 9.17) is 10.2 Å². The highest BCUT2D eigenvalue weighted by molar-refractivity contribution is 5.28. The summed E-state index contributed by atoms with van der Waals surface area (Å²) in [7, 11) is 0. The Balaban J connectivity index is 2.12. The molecular weight excluding hydrogens is 164 g/mol. The van der Waals surface area contributed by atoms with Crippen molar-refractivity contribution in [2.45, 2.75) is 5.92 Å². The third kappa shape index (κ3) is 1.47. The third-order valence-electron chi connectivity index (χ3n) is 2.94. The van der Waals surface area contributed by atoms with Crippen LogP contribution in [0, 0.1) is 11.8 Å². The first kappa shape index (κ1) is 8.73. The zero-order valence-corrected chi connectivity index (χ0v) is 7.43. The Morgan fingerprint density at radius 1 is 0.923 bits per heavy atom. The average molecular weight is 178 g/mol. The summed E-state index contributed by atoms with van der Waals surface area (Å²) in [5, 5.41) is 18.1. The van der Waals surface area contributed by atoms with Gasteiger partial charge in [-0.15, -0.1) is 0 Å². The van der Waals surface area contributed by atoms with Crippen molar-refractivity contribution in [1.29, 1.82) is 0 Å². The van der Waals surface area contributed by atoms with Gasteiger partial charge in [0.15, 0.2) is 0 Å². The SMILES string of the molecule is OC[C@@H]1C(c2ccccc2)[C@@H]1CO. The molecule has 0 spiro atoms. The van der Waals surface area contributed by atoms with Gasteiger partial charge in [0.2, 0.25) is 0 Å². The zero-order chi connectivity index (χ0) is 9.26. The Morgan fingerprint density at radius 2 is 1.46 bits per heavy atom. The molecule has 0 aliphatic heterocycles. The molecule has 13 heavy (non-hydrogen) atoms. The first-order valence-electron chi connectivity index (χ1n) is 4.65. The van der Waals surface area contributed by atoms with Crippen LogP contribution in [0.3, 0.4) is 0 Å². The molecule has 1 aromatic rings. The fourth-order valence-corrected chi connectivity index (χ4v) is 2.11. The van der Waals surface area contributed by atoms with E-state index in [2.05, 4.69) is 12.1 Å². The summed E-state index contributed by atoms with van der Waals surface area (Å²) < 4.78 is 0. The summed E-state index contributed by atoms with van der Waals surface area (Å²) in [5.74, 6) is 0.913. The van der Waals surface area contributed by atoms with Gasteiger partial charge in [0, 0.05) is 13.2 Å². The van der Waals surface area contributed by atoms with E-state index >= 15 is 0 Å². The van der Waals surface area contributed by atoms with Crippen LogP contribution in [0.4, 0.5) is 0 Å². The Morgan fingerprint density at radius 3 is 1.92 bits per heavy atom. The van der Waals surface area contributed by atoms with E-state index in [1.54, 1.807) is 0 Å². The van der Waals surface area contributed by atoms with Crippen molar-refractivity contribution in [3.05, 3.63) is 35.9 Å². The fraction of sp³-hybridized carbons (Fsp3) is 0.455. The highest BCUT2D eigenvalue weighted by Crippen LogP contribution is 2.53. The van der Waals surface area contributed by atoms with E-state index in [0.717, 1.165) is 0 Å². The first-order chi connectivity index (χ1) is 6.38. The number of aliphatic hydroxyl groups is 2. The van der Waals surface area contributed by atoms with Crippen molar-refractivity contribution >= 4 is 0 Å². The Labute approximate surface area is 77.8 Å². The maximum atomic E-state index is 9.03. The summed E-state index contributed by atoms with van der Waals surface area (Å²) in [5.41, 5.74) is 1.24. The minimum atomic E-state index is 0.185. The molecule has 1 saturated carbocycles. The van der Waals surface area contributed by atoms with Gasteiger partial charge in [0.05, 0.1) is 0 Å². The smallest absolute Gasteiger partial charge is 0.0468 e. The average Bonchev–Trinajstić information content (AvgIpc) is 2.92. The summed E-state index contributed by atoms with van der Waals surface area (Å²) in [6, 6.07) is 10.1. The lowest BCUT2D eigenvalue weighted by Crippen LogP contribution is -1.91. The normalized spacial score (nSPS) is 31.7. The van der Waals surface area contributed by atoms with Crippen LogP contribution in [0.15, 0.2) is 30.3 Å². The van der Waals surface area contributed by atoms with Gasteiger partial charge in [-0.2, -0.15) is 0 Å². The molecule has 1 aliphatic carbocycles. The summed E-state index contributed by atoms with van der Waals surface area (Å²) in [6.45, 7) is 0.371. The van der Waals surface area contributed by atoms with Crippen LogP contribution in [-0.2, 0) is 0 Å². The lowest BCUT2D eigenvalue weighted by molar-refractivity contribution is 0.232. The lowest BCUT2D eigenvalue weighted by atomic mass is 10.1. The molecule has 3 atom stereocenters. The molecule has 0 bridgehead atoms. The molecule has 0 radical (unpaired) electrons. The van der Waals surface area contributed by atoms with Crippen molar-refractivity contribution < 1.29 is 10.2 Å². The van der Waals surface area contributed by atoms with Crippen molar-refractivity contribution in [2.75, 3.05) is 13.2 Å². The molecule has 0 heterocycles. The van der Waals surface area contributed by atoms with E-state index in [9.17, 15) is 0 Å². The minimum Gasteiger partial charge on any atom is -0.396 e. The molecule has 1 aromatic carbocycles. The molecule has 1 unspecified atom stereocenters. The van der Waals surface area contributed by atoms with Gasteiger partial charge in [-0.05, 0) is 23.3 Å². The van der Waals surface area contributed by atoms with Crippen molar-refractivity contribution in [2.24, 2.45) is 11.8 Å². The molecule has 2 rings (SSSR count). The number of rotatable bonds is 3. The molecule has 1 fully saturated rings. The second-order valence-corrected chi connectivity index (χ2v) is 3.63. The molecule has 2 nitrogen and oxygen atoms in total. The van der Waals surface area contributed by atoms with Crippen LogP contribution >= 0.6 is 0 Å². The molecule has 2 N–H and O–H groups in total. The van der Waals surface area contributed by atoms with E-state index in [1.807, 2.05) is 18.2 Å². The molecular formula is C11H14O2. The second-order valence-electron chi connectivity index (χ2n) is 3.63. The monoisotopic (exact) mass is 178 g/mol. The minimum absolute atomic E-state index is 0.185. The molecule has 2 heteroatoms. The Kier molecular flexibility index (Phi) is 2.34. The van der Waals surface area contributed by atoms with E-state index in [0.29, 0.717) is 5.92 Å². The highest BCUT2D eigenvalue weighted by Gasteiger charge is 2.49. The quantitative estimate of drug-likeness (QED) is 0.725. The van der Waals surface area contributed by atoms with Gasteiger partial charge >= 0.3 is 0 Å². The van der Waals surface area contributed by atoms with Crippen molar-refractivity contribution in [3.63, 3.8) is 0 Å². The summed E-state index contributed by atoms with van der Waals surface area (Å²) in [4.78, 5) is 0. The fourth-order valence-electron chi connectivity index (χ4n) is 2.11. The van der Waals surface area contributed by atoms with Gasteiger partial charge in [-0.3, -0.25) is 0 Å². The highest BCUT2D eigenvalue weighted by atomic mass is 16.3. The molecule has 0 amide bonds. The third-order valence-corrected chi connectivity index (χ3v) is 2.94. The van der Waals surface area contributed by atoms with Gasteiger partial charge in [0.1, 0.15) is 0 Å². The summed E-state index contributed by atoms with van der Waals surface area (Å²) in [6.07, 6.45) is 0. The predicted molar refractivity (Wildman–Crippen MR) is 50.3 cm³/mol. The van der Waals surface area contributed by atoms with Crippen LogP contribution in [0.2, 0.25) is 0 Å². The number of hydrogen-bond donors (Lipinski definition) is 2. The van der Waals surface area contributed by atoms with Gasteiger partial charge in [0.25, 0.3) is 0 Å². The maximum absolute atomic E-state index is 9.03. The standard InChI is InChI=1S/C11H14O2/c12-6-9-10(7-13)11(9)8-4-2-1-3-5-8/h1-5,9-13H,6-7H2/t9-,10+,11?. The van der Waals surface area contributed by atoms with E-state index < -0.39 is 0 Å². The first-order valence-corrected chi connectivity index (χ1v) is 4.65. The largest absolute Gasteiger partial charge is 0.396 e. The van der Waals surface area contributed by atoms with E-state index in [-0.39, 0.29) is 25.0 Å². The van der Waals surface area contributed by atoms with Gasteiger partial charge < -0.3 is 10.2 Å². The van der Waals surface area contributed by atoms with Gasteiger partial charge in [-0.25, -0.2) is 0 Å². The van der Waals surface area contributed by atoms with Crippen LogP contribution < -0.4 is 0 Å². The molecule has 1 aliphatic rings. The Bertz CT molecular complexity index is 261. The molecule has 70 valence electrons. The second kappa shape index (κ2) is 3.48.